The predicted molar refractivity (Wildman–Crippen MR) is 130 cm³/mol. The van der Waals surface area contributed by atoms with Crippen LogP contribution in [0.25, 0.3) is 16.6 Å². The summed E-state index contributed by atoms with van der Waals surface area (Å²) in [6.45, 7) is 5.78. The monoisotopic (exact) mass is 491 g/mol. The number of aromatic nitrogens is 2. The molecule has 2 aromatic carbocycles. The number of phenols is 1. The van der Waals surface area contributed by atoms with Crippen LogP contribution in [-0.2, 0) is 15.8 Å². The van der Waals surface area contributed by atoms with Gasteiger partial charge in [-0.3, -0.25) is 0 Å². The summed E-state index contributed by atoms with van der Waals surface area (Å²) in [4.78, 5) is 17.2. The summed E-state index contributed by atoms with van der Waals surface area (Å²) in [6.07, 6.45) is 2.34. The molecule has 2 aromatic heterocycles. The molecule has 4 aromatic rings. The van der Waals surface area contributed by atoms with Gasteiger partial charge >= 0.3 is 5.97 Å². The summed E-state index contributed by atoms with van der Waals surface area (Å²) in [6, 6.07) is 12.1. The number of anilines is 1. The van der Waals surface area contributed by atoms with Gasteiger partial charge in [-0.15, -0.1) is 0 Å². The van der Waals surface area contributed by atoms with Gasteiger partial charge in [-0.2, -0.15) is 4.98 Å². The van der Waals surface area contributed by atoms with E-state index >= 15 is 0 Å². The third kappa shape index (κ3) is 3.30. The third-order valence-electron chi connectivity index (χ3n) is 7.42. The molecule has 1 spiro atoms. The molecule has 4 heterocycles. The highest BCUT2D eigenvalue weighted by Crippen LogP contribution is 2.53. The van der Waals surface area contributed by atoms with Crippen LogP contribution in [0.4, 0.5) is 10.4 Å². The standard InChI is InChI=1S/C27H26FN3O5/c1-26(2)15-36-27(10-12-30(13-11-27)25-29-18(14-35-25)24(33)34)22-21-19(4-3-5-20(21)32)31(23(22)26)17-8-6-16(28)7-9-17/h3-9,14,32H,10-13,15H2,1-2H3,(H,33,34). The summed E-state index contributed by atoms with van der Waals surface area (Å²) in [5.41, 5.74) is 2.48. The lowest BCUT2D eigenvalue weighted by atomic mass is 9.74. The number of carboxylic acid groups (broad SMARTS) is 1. The first-order valence-corrected chi connectivity index (χ1v) is 11.9. The van der Waals surface area contributed by atoms with E-state index in [0.29, 0.717) is 32.5 Å². The molecule has 0 saturated carbocycles. The van der Waals surface area contributed by atoms with Crippen LogP contribution in [0.1, 0.15) is 48.4 Å². The normalized spacial score (nSPS) is 18.5. The fourth-order valence-corrected chi connectivity index (χ4v) is 5.68. The van der Waals surface area contributed by atoms with E-state index in [0.717, 1.165) is 34.1 Å². The lowest BCUT2D eigenvalue weighted by Gasteiger charge is -2.48. The van der Waals surface area contributed by atoms with Crippen LogP contribution in [0, 0.1) is 5.82 Å². The summed E-state index contributed by atoms with van der Waals surface area (Å²) in [5.74, 6) is -1.27. The highest BCUT2D eigenvalue weighted by Gasteiger charge is 2.50. The zero-order valence-corrected chi connectivity index (χ0v) is 20.0. The van der Waals surface area contributed by atoms with Crippen LogP contribution < -0.4 is 4.90 Å². The van der Waals surface area contributed by atoms with Gasteiger partial charge in [-0.05, 0) is 49.2 Å². The summed E-state index contributed by atoms with van der Waals surface area (Å²) < 4.78 is 28.0. The average Bonchev–Trinajstić information content (AvgIpc) is 3.49. The second-order valence-electron chi connectivity index (χ2n) is 10.2. The first-order chi connectivity index (χ1) is 17.2. The smallest absolute Gasteiger partial charge is 0.357 e. The largest absolute Gasteiger partial charge is 0.507 e. The summed E-state index contributed by atoms with van der Waals surface area (Å²) >= 11 is 0. The fraction of sp³-hybridized carbons (Fsp3) is 0.333. The molecule has 36 heavy (non-hydrogen) atoms. The van der Waals surface area contributed by atoms with Crippen LogP contribution in [-0.4, -0.2) is 45.4 Å². The van der Waals surface area contributed by atoms with Gasteiger partial charge in [0.25, 0.3) is 6.01 Å². The second kappa shape index (κ2) is 7.83. The van der Waals surface area contributed by atoms with Crippen molar-refractivity contribution in [1.29, 1.82) is 0 Å². The van der Waals surface area contributed by atoms with Crippen LogP contribution in [0.5, 0.6) is 5.75 Å². The highest BCUT2D eigenvalue weighted by atomic mass is 19.1. The Morgan fingerprint density at radius 2 is 1.83 bits per heavy atom. The van der Waals surface area contributed by atoms with E-state index in [1.54, 1.807) is 18.2 Å². The van der Waals surface area contributed by atoms with Crippen LogP contribution in [0.15, 0.2) is 53.1 Å². The van der Waals surface area contributed by atoms with Gasteiger partial charge in [-0.25, -0.2) is 9.18 Å². The number of phenolic OH excluding ortho intramolecular Hbond substituents is 1. The third-order valence-corrected chi connectivity index (χ3v) is 7.42. The van der Waals surface area contributed by atoms with Gasteiger partial charge in [-0.1, -0.05) is 19.9 Å². The molecule has 1 saturated heterocycles. The van der Waals surface area contributed by atoms with Crippen molar-refractivity contribution in [1.82, 2.24) is 9.55 Å². The molecule has 0 atom stereocenters. The molecule has 2 aliphatic rings. The Hall–Kier alpha value is -3.85. The van der Waals surface area contributed by atoms with Crippen molar-refractivity contribution < 1.29 is 28.6 Å². The van der Waals surface area contributed by atoms with E-state index < -0.39 is 11.6 Å². The summed E-state index contributed by atoms with van der Waals surface area (Å²) in [5, 5.41) is 21.0. The molecule has 9 heteroatoms. The first kappa shape index (κ1) is 22.6. The second-order valence-corrected chi connectivity index (χ2v) is 10.2. The average molecular weight is 492 g/mol. The van der Waals surface area contributed by atoms with Crippen LogP contribution >= 0.6 is 0 Å². The predicted octanol–water partition coefficient (Wildman–Crippen LogP) is 4.96. The zero-order valence-electron chi connectivity index (χ0n) is 20.0. The van der Waals surface area contributed by atoms with Crippen molar-refractivity contribution in [3.8, 4) is 11.4 Å². The number of fused-ring (bicyclic) bond motifs is 4. The number of benzene rings is 2. The van der Waals surface area contributed by atoms with Gasteiger partial charge in [0.2, 0.25) is 0 Å². The van der Waals surface area contributed by atoms with E-state index in [2.05, 4.69) is 23.4 Å². The van der Waals surface area contributed by atoms with E-state index in [9.17, 15) is 19.4 Å². The maximum atomic E-state index is 13.8. The number of nitrogens with zero attached hydrogens (tertiary/aromatic N) is 3. The minimum absolute atomic E-state index is 0.129. The van der Waals surface area contributed by atoms with Crippen LogP contribution in [0.2, 0.25) is 0 Å². The van der Waals surface area contributed by atoms with Crippen molar-refractivity contribution in [2.75, 3.05) is 24.6 Å². The minimum atomic E-state index is -1.13. The Labute approximate surface area is 206 Å². The molecule has 8 nitrogen and oxygen atoms in total. The minimum Gasteiger partial charge on any atom is -0.507 e. The van der Waals surface area contributed by atoms with Crippen molar-refractivity contribution in [2.45, 2.75) is 37.7 Å². The molecule has 0 aliphatic carbocycles. The van der Waals surface area contributed by atoms with Crippen LogP contribution in [0.3, 0.4) is 0 Å². The molecular weight excluding hydrogens is 465 g/mol. The molecule has 6 rings (SSSR count). The molecule has 1 fully saturated rings. The zero-order chi connectivity index (χ0) is 25.2. The first-order valence-electron chi connectivity index (χ1n) is 11.9. The number of carbonyl (C=O) groups is 1. The van der Waals surface area contributed by atoms with Crippen molar-refractivity contribution in [2.24, 2.45) is 0 Å². The lowest BCUT2D eigenvalue weighted by Crippen LogP contribution is -2.50. The van der Waals surface area contributed by atoms with Crippen molar-refractivity contribution in [3.63, 3.8) is 0 Å². The van der Waals surface area contributed by atoms with Gasteiger partial charge in [0.1, 0.15) is 17.8 Å². The number of rotatable bonds is 3. The number of carboxylic acids is 1. The van der Waals surface area contributed by atoms with Gasteiger partial charge < -0.3 is 28.8 Å². The Morgan fingerprint density at radius 1 is 1.11 bits per heavy atom. The molecular formula is C27H26FN3O5. The Kier molecular flexibility index (Phi) is 4.91. The number of ether oxygens (including phenoxy) is 1. The summed E-state index contributed by atoms with van der Waals surface area (Å²) in [7, 11) is 0. The van der Waals surface area contributed by atoms with E-state index in [1.807, 2.05) is 17.0 Å². The molecule has 0 amide bonds. The molecule has 186 valence electrons. The Bertz CT molecular complexity index is 1480. The molecule has 2 aliphatic heterocycles. The van der Waals surface area contributed by atoms with Gasteiger partial charge in [0.05, 0.1) is 17.7 Å². The molecule has 0 unspecified atom stereocenters. The molecule has 2 N–H and O–H groups in total. The number of piperidine rings is 1. The van der Waals surface area contributed by atoms with Gasteiger partial charge in [0.15, 0.2) is 5.69 Å². The number of aromatic carboxylic acids is 1. The molecule has 0 radical (unpaired) electrons. The Morgan fingerprint density at radius 3 is 2.50 bits per heavy atom. The maximum Gasteiger partial charge on any atom is 0.357 e. The van der Waals surface area contributed by atoms with E-state index in [-0.39, 0.29) is 28.7 Å². The number of oxazole rings is 1. The number of hydrogen-bond acceptors (Lipinski definition) is 6. The van der Waals surface area contributed by atoms with Crippen molar-refractivity contribution in [3.05, 3.63) is 71.5 Å². The Balaban J connectivity index is 1.50. The van der Waals surface area contributed by atoms with E-state index in [1.165, 1.54) is 12.1 Å². The number of halogens is 1. The quantitative estimate of drug-likeness (QED) is 0.418. The number of hydrogen-bond donors (Lipinski definition) is 2. The van der Waals surface area contributed by atoms with Gasteiger partial charge in [0, 0.05) is 40.8 Å². The van der Waals surface area contributed by atoms with E-state index in [4.69, 9.17) is 9.15 Å². The number of aromatic hydroxyl groups is 1. The fourth-order valence-electron chi connectivity index (χ4n) is 5.68. The highest BCUT2D eigenvalue weighted by molar-refractivity contribution is 5.94. The van der Waals surface area contributed by atoms with Crippen molar-refractivity contribution >= 4 is 22.9 Å². The lowest BCUT2D eigenvalue weighted by molar-refractivity contribution is -0.0987. The SMILES string of the molecule is CC1(C)COC2(CCN(c3nc(C(=O)O)co3)CC2)c2c1n(-c1ccc(F)cc1)c1cccc(O)c21. The topological polar surface area (TPSA) is 101 Å². The molecule has 0 bridgehead atoms. The maximum absolute atomic E-state index is 13.8.